The van der Waals surface area contributed by atoms with Crippen molar-refractivity contribution >= 4 is 39.1 Å². The molecule has 5 heteroatoms. The van der Waals surface area contributed by atoms with Crippen LogP contribution in [0.2, 0.25) is 5.02 Å². The second kappa shape index (κ2) is 5.98. The van der Waals surface area contributed by atoms with Crippen LogP contribution < -0.4 is 10.6 Å². The fourth-order valence-corrected chi connectivity index (χ4v) is 1.89. The van der Waals surface area contributed by atoms with E-state index in [9.17, 15) is 4.79 Å². The predicted molar refractivity (Wildman–Crippen MR) is 66.3 cm³/mol. The monoisotopic (exact) mass is 290 g/mol. The lowest BCUT2D eigenvalue weighted by atomic mass is 10.3. The summed E-state index contributed by atoms with van der Waals surface area (Å²) >= 11 is 9.15. The molecule has 1 aromatic rings. The van der Waals surface area contributed by atoms with Gasteiger partial charge in [0.1, 0.15) is 0 Å². The summed E-state index contributed by atoms with van der Waals surface area (Å²) in [5.41, 5.74) is 0.852. The highest BCUT2D eigenvalue weighted by Gasteiger charge is 2.02. The van der Waals surface area contributed by atoms with Gasteiger partial charge in [0.25, 0.3) is 0 Å². The maximum absolute atomic E-state index is 11.2. The van der Waals surface area contributed by atoms with Crippen LogP contribution in [0.4, 0.5) is 5.69 Å². The quantitative estimate of drug-likeness (QED) is 0.895. The van der Waals surface area contributed by atoms with Crippen molar-refractivity contribution in [2.45, 2.75) is 6.92 Å². The first kappa shape index (κ1) is 12.3. The van der Waals surface area contributed by atoms with Crippen molar-refractivity contribution in [1.29, 1.82) is 0 Å². The van der Waals surface area contributed by atoms with E-state index in [0.717, 1.165) is 10.2 Å². The van der Waals surface area contributed by atoms with E-state index in [2.05, 4.69) is 26.6 Å². The Labute approximate surface area is 102 Å². The average molecular weight is 292 g/mol. The van der Waals surface area contributed by atoms with Crippen LogP contribution in [-0.2, 0) is 4.79 Å². The van der Waals surface area contributed by atoms with Crippen molar-refractivity contribution in [3.05, 3.63) is 27.7 Å². The molecule has 3 nitrogen and oxygen atoms in total. The van der Waals surface area contributed by atoms with E-state index >= 15 is 0 Å². The zero-order chi connectivity index (χ0) is 11.3. The van der Waals surface area contributed by atoms with Crippen LogP contribution in [0, 0.1) is 0 Å². The van der Waals surface area contributed by atoms with E-state index in [1.165, 1.54) is 0 Å². The van der Waals surface area contributed by atoms with Gasteiger partial charge < -0.3 is 10.6 Å². The molecule has 0 heterocycles. The summed E-state index contributed by atoms with van der Waals surface area (Å²) in [6.07, 6.45) is 0. The zero-order valence-corrected chi connectivity index (χ0v) is 10.7. The van der Waals surface area contributed by atoms with Crippen molar-refractivity contribution in [3.63, 3.8) is 0 Å². The molecule has 0 fully saturated rings. The molecule has 0 unspecified atom stereocenters. The number of carbonyl (C=O) groups is 1. The molecule has 0 bridgehead atoms. The van der Waals surface area contributed by atoms with Crippen LogP contribution in [0.25, 0.3) is 0 Å². The number of hydrogen-bond donors (Lipinski definition) is 2. The number of amides is 1. The number of benzene rings is 1. The molecule has 82 valence electrons. The predicted octanol–water partition coefficient (Wildman–Crippen LogP) is 2.65. The number of hydrogen-bond acceptors (Lipinski definition) is 2. The normalized spacial score (nSPS) is 9.80. The summed E-state index contributed by atoms with van der Waals surface area (Å²) in [5, 5.41) is 6.37. The van der Waals surface area contributed by atoms with E-state index in [1.807, 2.05) is 13.0 Å². The molecule has 0 aliphatic rings. The van der Waals surface area contributed by atoms with Crippen molar-refractivity contribution in [2.75, 3.05) is 18.4 Å². The summed E-state index contributed by atoms with van der Waals surface area (Å²) in [4.78, 5) is 11.2. The minimum absolute atomic E-state index is 0.0284. The molecule has 15 heavy (non-hydrogen) atoms. The molecule has 0 saturated carbocycles. The number of halogens is 2. The SMILES string of the molecule is CCNC(=O)CNc1ccc(Cl)cc1Br. The maximum atomic E-state index is 11.2. The number of likely N-dealkylation sites (N-methyl/N-ethyl adjacent to an activating group) is 1. The maximum Gasteiger partial charge on any atom is 0.239 e. The third-order valence-electron chi connectivity index (χ3n) is 1.74. The molecule has 0 aliphatic carbocycles. The van der Waals surface area contributed by atoms with Gasteiger partial charge in [0.2, 0.25) is 5.91 Å². The Morgan fingerprint density at radius 2 is 2.27 bits per heavy atom. The van der Waals surface area contributed by atoms with Gasteiger partial charge in [-0.1, -0.05) is 11.6 Å². The van der Waals surface area contributed by atoms with Gasteiger partial charge in [-0.05, 0) is 41.1 Å². The van der Waals surface area contributed by atoms with Gasteiger partial charge >= 0.3 is 0 Å². The molecular weight excluding hydrogens is 279 g/mol. The third-order valence-corrected chi connectivity index (χ3v) is 2.64. The van der Waals surface area contributed by atoms with E-state index in [0.29, 0.717) is 11.6 Å². The first-order valence-electron chi connectivity index (χ1n) is 4.59. The smallest absolute Gasteiger partial charge is 0.239 e. The molecule has 0 radical (unpaired) electrons. The van der Waals surface area contributed by atoms with Gasteiger partial charge in [-0.2, -0.15) is 0 Å². The summed E-state index contributed by atoms with van der Waals surface area (Å²) in [6.45, 7) is 2.78. The van der Waals surface area contributed by atoms with Crippen LogP contribution in [0.15, 0.2) is 22.7 Å². The van der Waals surface area contributed by atoms with Crippen LogP contribution in [0.1, 0.15) is 6.92 Å². The largest absolute Gasteiger partial charge is 0.375 e. The fourth-order valence-electron chi connectivity index (χ4n) is 1.07. The van der Waals surface area contributed by atoms with Crippen LogP contribution in [0.5, 0.6) is 0 Å². The summed E-state index contributed by atoms with van der Waals surface area (Å²) in [7, 11) is 0. The number of nitrogens with one attached hydrogen (secondary N) is 2. The molecule has 1 aromatic carbocycles. The number of rotatable bonds is 4. The third kappa shape index (κ3) is 4.10. The minimum atomic E-state index is -0.0284. The zero-order valence-electron chi connectivity index (χ0n) is 8.31. The van der Waals surface area contributed by atoms with Crippen molar-refractivity contribution in [2.24, 2.45) is 0 Å². The second-order valence-corrected chi connectivity index (χ2v) is 4.22. The van der Waals surface area contributed by atoms with Gasteiger partial charge in [0.05, 0.1) is 6.54 Å². The topological polar surface area (TPSA) is 41.1 Å². The van der Waals surface area contributed by atoms with Crippen molar-refractivity contribution < 1.29 is 4.79 Å². The van der Waals surface area contributed by atoms with E-state index in [-0.39, 0.29) is 12.5 Å². The molecule has 2 N–H and O–H groups in total. The Bertz CT molecular complexity index is 357. The summed E-state index contributed by atoms with van der Waals surface area (Å²) in [6, 6.07) is 5.37. The van der Waals surface area contributed by atoms with Gasteiger partial charge in [0, 0.05) is 21.7 Å². The molecule has 0 spiro atoms. The molecule has 0 aromatic heterocycles. The molecule has 0 aliphatic heterocycles. The minimum Gasteiger partial charge on any atom is -0.375 e. The van der Waals surface area contributed by atoms with Crippen LogP contribution in [0.3, 0.4) is 0 Å². The first-order chi connectivity index (χ1) is 7.13. The molecule has 1 rings (SSSR count). The van der Waals surface area contributed by atoms with E-state index in [1.54, 1.807) is 12.1 Å². The highest BCUT2D eigenvalue weighted by Crippen LogP contribution is 2.25. The molecular formula is C10H12BrClN2O. The Balaban J connectivity index is 2.54. The first-order valence-corrected chi connectivity index (χ1v) is 5.76. The Hall–Kier alpha value is -0.740. The van der Waals surface area contributed by atoms with Gasteiger partial charge in [-0.3, -0.25) is 4.79 Å². The molecule has 0 atom stereocenters. The van der Waals surface area contributed by atoms with Crippen molar-refractivity contribution in [1.82, 2.24) is 5.32 Å². The van der Waals surface area contributed by atoms with E-state index in [4.69, 9.17) is 11.6 Å². The van der Waals surface area contributed by atoms with Gasteiger partial charge in [-0.15, -0.1) is 0 Å². The summed E-state index contributed by atoms with van der Waals surface area (Å²) < 4.78 is 0.847. The molecule has 0 saturated heterocycles. The lowest BCUT2D eigenvalue weighted by Gasteiger charge is -2.08. The van der Waals surface area contributed by atoms with Crippen molar-refractivity contribution in [3.8, 4) is 0 Å². The number of carbonyl (C=O) groups excluding carboxylic acids is 1. The Kier molecular flexibility index (Phi) is 4.91. The second-order valence-electron chi connectivity index (χ2n) is 2.93. The lowest BCUT2D eigenvalue weighted by molar-refractivity contribution is -0.119. The standard InChI is InChI=1S/C10H12BrClN2O/c1-2-13-10(15)6-14-9-4-3-7(12)5-8(9)11/h3-5,14H,2,6H2,1H3,(H,13,15). The van der Waals surface area contributed by atoms with E-state index < -0.39 is 0 Å². The van der Waals surface area contributed by atoms with Gasteiger partial charge in [-0.25, -0.2) is 0 Å². The Morgan fingerprint density at radius 1 is 1.53 bits per heavy atom. The van der Waals surface area contributed by atoms with Crippen LogP contribution >= 0.6 is 27.5 Å². The Morgan fingerprint density at radius 3 is 2.87 bits per heavy atom. The number of anilines is 1. The summed E-state index contributed by atoms with van der Waals surface area (Å²) in [5.74, 6) is -0.0284. The lowest BCUT2D eigenvalue weighted by Crippen LogP contribution is -2.29. The van der Waals surface area contributed by atoms with Gasteiger partial charge in [0.15, 0.2) is 0 Å². The van der Waals surface area contributed by atoms with Crippen LogP contribution in [-0.4, -0.2) is 19.0 Å². The highest BCUT2D eigenvalue weighted by molar-refractivity contribution is 9.10. The average Bonchev–Trinajstić information content (AvgIpc) is 2.17. The highest BCUT2D eigenvalue weighted by atomic mass is 79.9. The fraction of sp³-hybridized carbons (Fsp3) is 0.300. The molecule has 1 amide bonds.